The molecule has 1 aliphatic carbocycles. The quantitative estimate of drug-likeness (QED) is 0.575. The van der Waals surface area contributed by atoms with Gasteiger partial charge in [-0.1, -0.05) is 6.42 Å². The highest BCUT2D eigenvalue weighted by atomic mass is 35.5. The molecule has 1 aliphatic rings. The van der Waals surface area contributed by atoms with E-state index >= 15 is 0 Å². The van der Waals surface area contributed by atoms with Crippen molar-refractivity contribution in [2.75, 3.05) is 5.32 Å². The standard InChI is InChI=1S/C12H16ClN5O2/c1-18-8-7(9(19)16-10(13)15-8)14-11(18)17-12(20)5-3-2-4-6-12/h20H,2-6H2,1H3,(H,14,17)(H,15,16,19). The molecule has 1 saturated carbocycles. The van der Waals surface area contributed by atoms with Gasteiger partial charge in [-0.3, -0.25) is 14.3 Å². The molecule has 3 N–H and O–H groups in total. The number of nitrogens with one attached hydrogen (secondary N) is 2. The van der Waals surface area contributed by atoms with E-state index in [0.29, 0.717) is 24.4 Å². The highest BCUT2D eigenvalue weighted by Crippen LogP contribution is 2.29. The maximum Gasteiger partial charge on any atom is 0.280 e. The molecular formula is C12H16ClN5O2. The predicted molar refractivity (Wildman–Crippen MR) is 75.8 cm³/mol. The summed E-state index contributed by atoms with van der Waals surface area (Å²) < 4.78 is 1.63. The van der Waals surface area contributed by atoms with Crippen molar-refractivity contribution >= 4 is 28.7 Å². The molecular weight excluding hydrogens is 282 g/mol. The second-order valence-corrected chi connectivity index (χ2v) is 5.60. The van der Waals surface area contributed by atoms with E-state index < -0.39 is 5.72 Å². The number of halogens is 1. The van der Waals surface area contributed by atoms with Crippen LogP contribution < -0.4 is 10.9 Å². The third-order valence-electron chi connectivity index (χ3n) is 3.73. The molecule has 8 heteroatoms. The minimum Gasteiger partial charge on any atom is -0.371 e. The highest BCUT2D eigenvalue weighted by molar-refractivity contribution is 6.28. The molecule has 1 fully saturated rings. The third kappa shape index (κ3) is 2.27. The molecule has 0 radical (unpaired) electrons. The zero-order chi connectivity index (χ0) is 14.3. The number of hydrogen-bond donors (Lipinski definition) is 3. The number of fused-ring (bicyclic) bond motifs is 1. The van der Waals surface area contributed by atoms with Gasteiger partial charge < -0.3 is 10.4 Å². The van der Waals surface area contributed by atoms with E-state index in [1.807, 2.05) is 0 Å². The molecule has 2 aromatic heterocycles. The first-order valence-electron chi connectivity index (χ1n) is 6.61. The Labute approximate surface area is 120 Å². The number of nitrogens with zero attached hydrogens (tertiary/aromatic N) is 3. The van der Waals surface area contributed by atoms with Gasteiger partial charge in [0.15, 0.2) is 11.2 Å². The fourth-order valence-electron chi connectivity index (χ4n) is 2.63. The largest absolute Gasteiger partial charge is 0.371 e. The molecule has 0 aromatic carbocycles. The molecule has 0 aliphatic heterocycles. The molecule has 20 heavy (non-hydrogen) atoms. The number of rotatable bonds is 2. The Balaban J connectivity index is 2.02. The van der Waals surface area contributed by atoms with Gasteiger partial charge >= 0.3 is 0 Å². The van der Waals surface area contributed by atoms with Crippen molar-refractivity contribution in [2.45, 2.75) is 37.8 Å². The van der Waals surface area contributed by atoms with E-state index in [4.69, 9.17) is 11.6 Å². The number of imidazole rings is 1. The van der Waals surface area contributed by atoms with Crippen LogP contribution in [0.1, 0.15) is 32.1 Å². The fourth-order valence-corrected chi connectivity index (χ4v) is 2.79. The number of aryl methyl sites for hydroxylation is 1. The normalized spacial score (nSPS) is 18.4. The molecule has 108 valence electrons. The van der Waals surface area contributed by atoms with Crippen molar-refractivity contribution in [2.24, 2.45) is 7.05 Å². The molecule has 0 atom stereocenters. The summed E-state index contributed by atoms with van der Waals surface area (Å²) in [6, 6.07) is 0. The molecule has 0 spiro atoms. The topological polar surface area (TPSA) is 95.8 Å². The van der Waals surface area contributed by atoms with Crippen LogP contribution >= 0.6 is 11.6 Å². The van der Waals surface area contributed by atoms with Crippen molar-refractivity contribution in [1.29, 1.82) is 0 Å². The van der Waals surface area contributed by atoms with Gasteiger partial charge in [0, 0.05) is 7.05 Å². The van der Waals surface area contributed by atoms with Gasteiger partial charge in [-0.2, -0.15) is 4.98 Å². The lowest BCUT2D eigenvalue weighted by atomic mass is 9.92. The second kappa shape index (κ2) is 4.75. The maximum absolute atomic E-state index is 11.8. The van der Waals surface area contributed by atoms with Crippen molar-refractivity contribution in [1.82, 2.24) is 19.5 Å². The first kappa shape index (κ1) is 13.4. The number of aromatic amines is 1. The van der Waals surface area contributed by atoms with Crippen molar-refractivity contribution in [3.63, 3.8) is 0 Å². The zero-order valence-electron chi connectivity index (χ0n) is 11.1. The molecule has 0 amide bonds. The first-order valence-corrected chi connectivity index (χ1v) is 6.99. The van der Waals surface area contributed by atoms with Crippen LogP contribution in [0, 0.1) is 0 Å². The summed E-state index contributed by atoms with van der Waals surface area (Å²) in [5.41, 5.74) is -0.761. The van der Waals surface area contributed by atoms with E-state index in [9.17, 15) is 9.90 Å². The fraction of sp³-hybridized carbons (Fsp3) is 0.583. The Morgan fingerprint density at radius 2 is 2.05 bits per heavy atom. The average molecular weight is 298 g/mol. The SMILES string of the molecule is Cn1c(NC2(O)CCCCC2)nc2c(=O)[nH]c(Cl)nc21. The van der Waals surface area contributed by atoms with Crippen LogP contribution in [0.2, 0.25) is 5.28 Å². The number of anilines is 1. The summed E-state index contributed by atoms with van der Waals surface area (Å²) in [6.07, 6.45) is 4.40. The number of hydrogen-bond acceptors (Lipinski definition) is 5. The molecule has 0 unspecified atom stereocenters. The molecule has 3 rings (SSSR count). The van der Waals surface area contributed by atoms with Gasteiger partial charge in [0.1, 0.15) is 5.72 Å². The maximum atomic E-state index is 11.8. The first-order chi connectivity index (χ1) is 9.48. The lowest BCUT2D eigenvalue weighted by molar-refractivity contribution is 0.0307. The Hall–Kier alpha value is -1.60. The van der Waals surface area contributed by atoms with Gasteiger partial charge in [0.2, 0.25) is 11.2 Å². The smallest absolute Gasteiger partial charge is 0.280 e. The van der Waals surface area contributed by atoms with Crippen molar-refractivity contribution in [3.8, 4) is 0 Å². The van der Waals surface area contributed by atoms with Gasteiger partial charge in [0.05, 0.1) is 0 Å². The third-order valence-corrected chi connectivity index (χ3v) is 3.90. The Morgan fingerprint density at radius 3 is 2.75 bits per heavy atom. The van der Waals surface area contributed by atoms with Crippen LogP contribution in [0.3, 0.4) is 0 Å². The monoisotopic (exact) mass is 297 g/mol. The van der Waals surface area contributed by atoms with E-state index in [0.717, 1.165) is 19.3 Å². The van der Waals surface area contributed by atoms with E-state index in [1.165, 1.54) is 0 Å². The van der Waals surface area contributed by atoms with Crippen LogP contribution in [-0.4, -0.2) is 30.4 Å². The van der Waals surface area contributed by atoms with Gasteiger partial charge in [-0.05, 0) is 37.3 Å². The Bertz CT molecular complexity index is 702. The summed E-state index contributed by atoms with van der Waals surface area (Å²) >= 11 is 5.75. The van der Waals surface area contributed by atoms with E-state index in [1.54, 1.807) is 11.6 Å². The van der Waals surface area contributed by atoms with Gasteiger partial charge in [-0.25, -0.2) is 4.98 Å². The summed E-state index contributed by atoms with van der Waals surface area (Å²) in [4.78, 5) is 22.5. The highest BCUT2D eigenvalue weighted by Gasteiger charge is 2.30. The predicted octanol–water partition coefficient (Wildman–Crippen LogP) is 1.37. The Morgan fingerprint density at radius 1 is 1.35 bits per heavy atom. The zero-order valence-corrected chi connectivity index (χ0v) is 11.9. The van der Waals surface area contributed by atoms with E-state index in [2.05, 4.69) is 20.3 Å². The molecule has 2 aromatic rings. The van der Waals surface area contributed by atoms with Crippen LogP contribution in [0.15, 0.2) is 4.79 Å². The number of aliphatic hydroxyl groups is 1. The van der Waals surface area contributed by atoms with Crippen molar-refractivity contribution < 1.29 is 5.11 Å². The minimum absolute atomic E-state index is 0.0217. The van der Waals surface area contributed by atoms with Crippen LogP contribution in [0.5, 0.6) is 0 Å². The van der Waals surface area contributed by atoms with Gasteiger partial charge in [0.25, 0.3) is 5.56 Å². The number of aromatic nitrogens is 4. The Kier molecular flexibility index (Phi) is 3.18. The summed E-state index contributed by atoms with van der Waals surface area (Å²) in [7, 11) is 1.73. The van der Waals surface area contributed by atoms with Crippen molar-refractivity contribution in [3.05, 3.63) is 15.6 Å². The molecule has 0 bridgehead atoms. The van der Waals surface area contributed by atoms with Crippen LogP contribution in [-0.2, 0) is 7.05 Å². The molecule has 2 heterocycles. The minimum atomic E-state index is -0.968. The molecule has 0 saturated heterocycles. The second-order valence-electron chi connectivity index (χ2n) is 5.24. The summed E-state index contributed by atoms with van der Waals surface area (Å²) in [5, 5.41) is 13.6. The lowest BCUT2D eigenvalue weighted by Gasteiger charge is -2.33. The van der Waals surface area contributed by atoms with E-state index in [-0.39, 0.29) is 16.4 Å². The lowest BCUT2D eigenvalue weighted by Crippen LogP contribution is -2.40. The van der Waals surface area contributed by atoms with Gasteiger partial charge in [-0.15, -0.1) is 0 Å². The molecule has 7 nitrogen and oxygen atoms in total. The number of H-pyrrole nitrogens is 1. The van der Waals surface area contributed by atoms with Crippen LogP contribution in [0.4, 0.5) is 5.95 Å². The van der Waals surface area contributed by atoms with Crippen LogP contribution in [0.25, 0.3) is 11.2 Å². The summed E-state index contributed by atoms with van der Waals surface area (Å²) in [5.74, 6) is 0.421. The summed E-state index contributed by atoms with van der Waals surface area (Å²) in [6.45, 7) is 0. The average Bonchev–Trinajstić information content (AvgIpc) is 2.68.